The predicted octanol–water partition coefficient (Wildman–Crippen LogP) is 1.50. The molecule has 0 amide bonds. The molecule has 18 heavy (non-hydrogen) atoms. The van der Waals surface area contributed by atoms with Gasteiger partial charge in [0.15, 0.2) is 0 Å². The van der Waals surface area contributed by atoms with E-state index in [0.29, 0.717) is 16.7 Å². The van der Waals surface area contributed by atoms with E-state index in [1.54, 1.807) is 13.0 Å². The monoisotopic (exact) mass is 270 g/mol. The average molecular weight is 270 g/mol. The lowest BCUT2D eigenvalue weighted by molar-refractivity contribution is -0.151. The Morgan fingerprint density at radius 3 is 2.72 bits per heavy atom. The van der Waals surface area contributed by atoms with Crippen LogP contribution in [0.2, 0.25) is 0 Å². The van der Waals surface area contributed by atoms with Crippen molar-refractivity contribution in [2.45, 2.75) is 38.3 Å². The zero-order valence-corrected chi connectivity index (χ0v) is 11.8. The first-order valence-corrected chi connectivity index (χ1v) is 6.45. The number of ether oxygens (including phenoxy) is 1. The summed E-state index contributed by atoms with van der Waals surface area (Å²) in [7, 11) is 0. The van der Waals surface area contributed by atoms with Crippen LogP contribution in [0.15, 0.2) is 11.1 Å². The van der Waals surface area contributed by atoms with Gasteiger partial charge in [-0.15, -0.1) is 0 Å². The van der Waals surface area contributed by atoms with Crippen molar-refractivity contribution in [1.29, 1.82) is 0 Å². The van der Waals surface area contributed by atoms with Crippen LogP contribution in [0.3, 0.4) is 0 Å². The van der Waals surface area contributed by atoms with Gasteiger partial charge in [0.1, 0.15) is 22.3 Å². The molecule has 7 heteroatoms. The molecule has 0 bridgehead atoms. The molecule has 1 rings (SSSR count). The number of nitrogens with zero attached hydrogens (tertiary/aromatic N) is 2. The molecule has 0 saturated heterocycles. The molecule has 0 atom stereocenters. The van der Waals surface area contributed by atoms with Gasteiger partial charge in [-0.1, -0.05) is 11.8 Å². The molecule has 6 nitrogen and oxygen atoms in total. The number of nitrogens with two attached hydrogens (primary N) is 1. The van der Waals surface area contributed by atoms with Gasteiger partial charge in [-0.05, 0) is 27.7 Å². The number of aromatic nitrogens is 2. The molecule has 100 valence electrons. The van der Waals surface area contributed by atoms with E-state index in [4.69, 9.17) is 10.6 Å². The maximum Gasteiger partial charge on any atom is 0.316 e. The van der Waals surface area contributed by atoms with Crippen molar-refractivity contribution in [1.82, 2.24) is 9.97 Å². The molecule has 0 unspecified atom stereocenters. The number of carbonyl (C=O) groups is 1. The Kier molecular flexibility index (Phi) is 4.92. The van der Waals surface area contributed by atoms with Crippen LogP contribution >= 0.6 is 11.8 Å². The highest BCUT2D eigenvalue weighted by molar-refractivity contribution is 7.99. The standard InChI is InChI=1S/C11H18N4O2S/c1-7-13-8(15-12)5-9(14-7)18-6-10(16)17-11(2,3)4/h5H,6,12H2,1-4H3,(H,13,14,15). The fourth-order valence-electron chi connectivity index (χ4n) is 1.19. The summed E-state index contributed by atoms with van der Waals surface area (Å²) in [6.45, 7) is 7.26. The lowest BCUT2D eigenvalue weighted by atomic mass is 10.2. The molecule has 1 aromatic rings. The lowest BCUT2D eigenvalue weighted by Gasteiger charge is -2.19. The molecule has 1 heterocycles. The molecular formula is C11H18N4O2S. The molecule has 1 aromatic heterocycles. The predicted molar refractivity (Wildman–Crippen MR) is 71.1 cm³/mol. The zero-order chi connectivity index (χ0) is 13.8. The van der Waals surface area contributed by atoms with Crippen molar-refractivity contribution < 1.29 is 9.53 Å². The Morgan fingerprint density at radius 1 is 1.50 bits per heavy atom. The Bertz CT molecular complexity index is 432. The van der Waals surface area contributed by atoms with Crippen molar-refractivity contribution in [3.63, 3.8) is 0 Å². The highest BCUT2D eigenvalue weighted by Crippen LogP contribution is 2.19. The highest BCUT2D eigenvalue weighted by Gasteiger charge is 2.16. The second kappa shape index (κ2) is 6.01. The fourth-order valence-corrected chi connectivity index (χ4v) is 1.91. The van der Waals surface area contributed by atoms with Crippen molar-refractivity contribution >= 4 is 23.5 Å². The van der Waals surface area contributed by atoms with Gasteiger partial charge < -0.3 is 10.2 Å². The average Bonchev–Trinajstić information content (AvgIpc) is 2.23. The van der Waals surface area contributed by atoms with E-state index in [1.807, 2.05) is 20.8 Å². The van der Waals surface area contributed by atoms with Crippen molar-refractivity contribution in [3.8, 4) is 0 Å². The van der Waals surface area contributed by atoms with Crippen LogP contribution < -0.4 is 11.3 Å². The topological polar surface area (TPSA) is 90.1 Å². The molecule has 0 fully saturated rings. The number of hydrogen-bond acceptors (Lipinski definition) is 7. The van der Waals surface area contributed by atoms with E-state index < -0.39 is 5.60 Å². The van der Waals surface area contributed by atoms with Gasteiger partial charge in [0, 0.05) is 6.07 Å². The Balaban J connectivity index is 2.58. The molecule has 0 radical (unpaired) electrons. The summed E-state index contributed by atoms with van der Waals surface area (Å²) in [4.78, 5) is 19.8. The third-order valence-corrected chi connectivity index (χ3v) is 2.61. The maximum atomic E-state index is 11.5. The summed E-state index contributed by atoms with van der Waals surface area (Å²) in [6, 6.07) is 1.68. The van der Waals surface area contributed by atoms with Crippen LogP contribution in [0, 0.1) is 6.92 Å². The van der Waals surface area contributed by atoms with Crippen LogP contribution in [0.25, 0.3) is 0 Å². The number of thioether (sulfide) groups is 1. The van der Waals surface area contributed by atoms with Crippen molar-refractivity contribution in [3.05, 3.63) is 11.9 Å². The number of aryl methyl sites for hydroxylation is 1. The van der Waals surface area contributed by atoms with E-state index in [2.05, 4.69) is 15.4 Å². The van der Waals surface area contributed by atoms with Crippen LogP contribution in [0.5, 0.6) is 0 Å². The third kappa shape index (κ3) is 5.33. The number of carbonyl (C=O) groups excluding carboxylic acids is 1. The summed E-state index contributed by atoms with van der Waals surface area (Å²) in [6.07, 6.45) is 0. The summed E-state index contributed by atoms with van der Waals surface area (Å²) in [5.41, 5.74) is 1.98. The molecule has 0 aromatic carbocycles. The van der Waals surface area contributed by atoms with Gasteiger partial charge in [0.2, 0.25) is 0 Å². The number of nitrogen functional groups attached to an aromatic ring is 1. The highest BCUT2D eigenvalue weighted by atomic mass is 32.2. The minimum Gasteiger partial charge on any atom is -0.459 e. The minimum absolute atomic E-state index is 0.206. The summed E-state index contributed by atoms with van der Waals surface area (Å²) < 4.78 is 5.20. The molecule has 0 aliphatic heterocycles. The van der Waals surface area contributed by atoms with E-state index in [0.717, 1.165) is 0 Å². The van der Waals surface area contributed by atoms with Gasteiger partial charge >= 0.3 is 5.97 Å². The number of rotatable bonds is 4. The van der Waals surface area contributed by atoms with E-state index in [1.165, 1.54) is 11.8 Å². The number of hydrogen-bond donors (Lipinski definition) is 2. The lowest BCUT2D eigenvalue weighted by Crippen LogP contribution is -2.24. The normalized spacial score (nSPS) is 11.2. The van der Waals surface area contributed by atoms with Gasteiger partial charge in [0.25, 0.3) is 0 Å². The molecular weight excluding hydrogens is 252 g/mol. The Morgan fingerprint density at radius 2 is 2.17 bits per heavy atom. The molecule has 3 N–H and O–H groups in total. The number of nitrogens with one attached hydrogen (secondary N) is 1. The summed E-state index contributed by atoms with van der Waals surface area (Å²) >= 11 is 1.29. The van der Waals surface area contributed by atoms with Gasteiger partial charge in [-0.25, -0.2) is 15.8 Å². The maximum absolute atomic E-state index is 11.5. The third-order valence-electron chi connectivity index (χ3n) is 1.72. The zero-order valence-electron chi connectivity index (χ0n) is 11.0. The first-order valence-electron chi connectivity index (χ1n) is 5.47. The summed E-state index contributed by atoms with van der Waals surface area (Å²) in [5, 5.41) is 0.682. The molecule has 0 spiro atoms. The molecule has 0 aliphatic rings. The van der Waals surface area contributed by atoms with Gasteiger partial charge in [-0.2, -0.15) is 0 Å². The minimum atomic E-state index is -0.469. The van der Waals surface area contributed by atoms with E-state index in [9.17, 15) is 4.79 Å². The Hall–Kier alpha value is -1.34. The van der Waals surface area contributed by atoms with Crippen LogP contribution in [0.1, 0.15) is 26.6 Å². The second-order valence-electron chi connectivity index (χ2n) is 4.66. The van der Waals surface area contributed by atoms with Gasteiger partial charge in [-0.3, -0.25) is 4.79 Å². The first kappa shape index (κ1) is 14.7. The van der Waals surface area contributed by atoms with Crippen molar-refractivity contribution in [2.24, 2.45) is 5.84 Å². The smallest absolute Gasteiger partial charge is 0.316 e. The molecule has 0 aliphatic carbocycles. The first-order chi connectivity index (χ1) is 8.30. The number of anilines is 1. The van der Waals surface area contributed by atoms with Crippen LogP contribution in [-0.4, -0.2) is 27.3 Å². The van der Waals surface area contributed by atoms with Crippen LogP contribution in [0.4, 0.5) is 5.82 Å². The van der Waals surface area contributed by atoms with Gasteiger partial charge in [0.05, 0.1) is 5.75 Å². The largest absolute Gasteiger partial charge is 0.459 e. The van der Waals surface area contributed by atoms with E-state index >= 15 is 0 Å². The Labute approximate surface area is 111 Å². The second-order valence-corrected chi connectivity index (χ2v) is 5.65. The number of hydrazine groups is 1. The fraction of sp³-hybridized carbons (Fsp3) is 0.545. The molecule has 0 saturated carbocycles. The van der Waals surface area contributed by atoms with Crippen LogP contribution in [-0.2, 0) is 9.53 Å². The summed E-state index contributed by atoms with van der Waals surface area (Å²) in [5.74, 6) is 6.34. The quantitative estimate of drug-likeness (QED) is 0.282. The van der Waals surface area contributed by atoms with Crippen molar-refractivity contribution in [2.75, 3.05) is 11.2 Å². The van der Waals surface area contributed by atoms with E-state index in [-0.39, 0.29) is 11.7 Å². The number of esters is 1. The SMILES string of the molecule is Cc1nc(NN)cc(SCC(=O)OC(C)(C)C)n1.